The average Bonchev–Trinajstić information content (AvgIpc) is 2.12. The van der Waals surface area contributed by atoms with E-state index in [1.807, 2.05) is 0 Å². The molecule has 0 aromatic rings. The Morgan fingerprint density at radius 1 is 1.06 bits per heavy atom. The molecule has 4 bridgehead atoms. The van der Waals surface area contributed by atoms with Crippen LogP contribution in [-0.2, 0) is 9.59 Å². The predicted molar refractivity (Wildman–Crippen MR) is 59.4 cm³/mol. The Bertz CT molecular complexity index is 373. The van der Waals surface area contributed by atoms with Gasteiger partial charge in [-0.05, 0) is 55.8 Å². The zero-order valence-electron chi connectivity index (χ0n) is 9.82. The number of aliphatic carboxylic acids is 2. The lowest BCUT2D eigenvalue weighted by atomic mass is 9.43. The summed E-state index contributed by atoms with van der Waals surface area (Å²) in [7, 11) is 0. The van der Waals surface area contributed by atoms with Crippen LogP contribution in [0.3, 0.4) is 0 Å². The van der Waals surface area contributed by atoms with Gasteiger partial charge in [0.25, 0.3) is 0 Å². The van der Waals surface area contributed by atoms with Gasteiger partial charge in [-0.15, -0.1) is 0 Å². The van der Waals surface area contributed by atoms with Crippen molar-refractivity contribution in [3.05, 3.63) is 0 Å². The molecule has 17 heavy (non-hydrogen) atoms. The van der Waals surface area contributed by atoms with Gasteiger partial charge in [0.2, 0.25) is 0 Å². The quantitative estimate of drug-likeness (QED) is 0.789. The summed E-state index contributed by atoms with van der Waals surface area (Å²) in [5, 5.41) is 18.5. The molecule has 0 saturated heterocycles. The standard InChI is InChI=1S/C13H18O4/c14-10(15)6-12-2-8-1-9(3-12)5-13(4-8,7-12)11(16)17/h8-9H,1-7H2,(H,14,15)(H,16,17)/t8-,9-,12?,13?/m0/s1. The molecule has 0 unspecified atom stereocenters. The number of rotatable bonds is 3. The van der Waals surface area contributed by atoms with Gasteiger partial charge in [-0.1, -0.05) is 0 Å². The van der Waals surface area contributed by atoms with Crippen LogP contribution in [0.25, 0.3) is 0 Å². The highest BCUT2D eigenvalue weighted by Gasteiger charge is 2.61. The second-order valence-electron chi connectivity index (χ2n) is 6.62. The molecule has 4 aliphatic carbocycles. The lowest BCUT2D eigenvalue weighted by Gasteiger charge is -2.60. The molecule has 4 aliphatic rings. The third kappa shape index (κ3) is 1.57. The fourth-order valence-electron chi connectivity index (χ4n) is 5.23. The van der Waals surface area contributed by atoms with Crippen molar-refractivity contribution >= 4 is 11.9 Å². The number of carbonyl (C=O) groups is 2. The Hall–Kier alpha value is -1.06. The van der Waals surface area contributed by atoms with Crippen molar-refractivity contribution in [2.45, 2.75) is 44.9 Å². The molecule has 94 valence electrons. The third-order valence-corrected chi connectivity index (χ3v) is 5.16. The van der Waals surface area contributed by atoms with Gasteiger partial charge < -0.3 is 10.2 Å². The summed E-state index contributed by atoms with van der Waals surface area (Å²) in [6, 6.07) is 0. The number of hydrogen-bond acceptors (Lipinski definition) is 2. The Morgan fingerprint density at radius 2 is 1.65 bits per heavy atom. The predicted octanol–water partition coefficient (Wildman–Crippen LogP) is 2.13. The number of carboxylic acid groups (broad SMARTS) is 2. The average molecular weight is 238 g/mol. The lowest BCUT2D eigenvalue weighted by Crippen LogP contribution is -2.55. The molecule has 4 rings (SSSR count). The topological polar surface area (TPSA) is 74.6 Å². The van der Waals surface area contributed by atoms with Crippen molar-refractivity contribution in [2.24, 2.45) is 22.7 Å². The minimum Gasteiger partial charge on any atom is -0.481 e. The van der Waals surface area contributed by atoms with Gasteiger partial charge in [0.05, 0.1) is 11.8 Å². The van der Waals surface area contributed by atoms with Crippen LogP contribution in [0, 0.1) is 22.7 Å². The summed E-state index contributed by atoms with van der Waals surface area (Å²) in [5.74, 6) is -0.563. The lowest BCUT2D eigenvalue weighted by molar-refractivity contribution is -0.178. The maximum absolute atomic E-state index is 11.5. The maximum Gasteiger partial charge on any atom is 0.309 e. The van der Waals surface area contributed by atoms with E-state index in [4.69, 9.17) is 5.11 Å². The molecule has 0 aromatic carbocycles. The van der Waals surface area contributed by atoms with Crippen molar-refractivity contribution in [3.63, 3.8) is 0 Å². The van der Waals surface area contributed by atoms with E-state index < -0.39 is 17.4 Å². The SMILES string of the molecule is O=C(O)CC12C[C@@H]3C[C@@H](C1)CC(C(=O)O)(C3)C2. The van der Waals surface area contributed by atoms with Gasteiger partial charge in [-0.25, -0.2) is 0 Å². The van der Waals surface area contributed by atoms with Crippen LogP contribution in [0.2, 0.25) is 0 Å². The van der Waals surface area contributed by atoms with Crippen LogP contribution >= 0.6 is 0 Å². The first-order valence-corrected chi connectivity index (χ1v) is 6.38. The van der Waals surface area contributed by atoms with Gasteiger partial charge in [0.15, 0.2) is 0 Å². The second-order valence-corrected chi connectivity index (χ2v) is 6.62. The molecule has 4 saturated carbocycles. The summed E-state index contributed by atoms with van der Waals surface area (Å²) in [5.41, 5.74) is -0.812. The third-order valence-electron chi connectivity index (χ3n) is 5.16. The molecular formula is C13H18O4. The monoisotopic (exact) mass is 238 g/mol. The van der Waals surface area contributed by atoms with Crippen molar-refractivity contribution in [2.75, 3.05) is 0 Å². The van der Waals surface area contributed by atoms with Gasteiger partial charge in [0, 0.05) is 0 Å². The van der Waals surface area contributed by atoms with Gasteiger partial charge in [0.1, 0.15) is 0 Å². The Labute approximate surface area is 100 Å². The van der Waals surface area contributed by atoms with Crippen molar-refractivity contribution < 1.29 is 19.8 Å². The first-order valence-electron chi connectivity index (χ1n) is 6.38. The highest BCUT2D eigenvalue weighted by atomic mass is 16.4. The Balaban J connectivity index is 1.94. The van der Waals surface area contributed by atoms with Crippen molar-refractivity contribution in [1.29, 1.82) is 0 Å². The van der Waals surface area contributed by atoms with Crippen molar-refractivity contribution in [1.82, 2.24) is 0 Å². The summed E-state index contributed by atoms with van der Waals surface area (Å²) >= 11 is 0. The fraction of sp³-hybridized carbons (Fsp3) is 0.846. The van der Waals surface area contributed by atoms with E-state index >= 15 is 0 Å². The molecule has 0 aliphatic heterocycles. The normalized spacial score (nSPS) is 47.1. The molecule has 0 spiro atoms. The van der Waals surface area contributed by atoms with E-state index in [-0.39, 0.29) is 11.8 Å². The minimum atomic E-state index is -0.771. The molecule has 0 aromatic heterocycles. The molecule has 0 radical (unpaired) electrons. The highest BCUT2D eigenvalue weighted by Crippen LogP contribution is 2.66. The maximum atomic E-state index is 11.5. The Kier molecular flexibility index (Phi) is 2.11. The molecular weight excluding hydrogens is 220 g/mol. The van der Waals surface area contributed by atoms with Crippen LogP contribution in [-0.4, -0.2) is 22.2 Å². The van der Waals surface area contributed by atoms with Gasteiger partial charge in [-0.2, -0.15) is 0 Å². The summed E-state index contributed by atoms with van der Waals surface area (Å²) in [6.07, 6.45) is 5.30. The molecule has 0 amide bonds. The van der Waals surface area contributed by atoms with Crippen LogP contribution < -0.4 is 0 Å². The number of carboxylic acids is 2. The molecule has 0 heterocycles. The molecule has 4 nitrogen and oxygen atoms in total. The van der Waals surface area contributed by atoms with E-state index in [1.165, 1.54) is 0 Å². The Morgan fingerprint density at radius 3 is 2.12 bits per heavy atom. The number of hydrogen-bond donors (Lipinski definition) is 2. The largest absolute Gasteiger partial charge is 0.481 e. The second kappa shape index (κ2) is 3.24. The van der Waals surface area contributed by atoms with Crippen LogP contribution in [0.15, 0.2) is 0 Å². The van der Waals surface area contributed by atoms with Crippen LogP contribution in [0.4, 0.5) is 0 Å². The summed E-state index contributed by atoms with van der Waals surface area (Å²) in [6.45, 7) is 0. The van der Waals surface area contributed by atoms with Crippen molar-refractivity contribution in [3.8, 4) is 0 Å². The van der Waals surface area contributed by atoms with Crippen LogP contribution in [0.1, 0.15) is 44.9 Å². The molecule has 2 atom stereocenters. The van der Waals surface area contributed by atoms with E-state index in [9.17, 15) is 14.7 Å². The smallest absolute Gasteiger partial charge is 0.309 e. The first kappa shape index (κ1) is 11.1. The van der Waals surface area contributed by atoms with Gasteiger partial charge >= 0.3 is 11.9 Å². The fourth-order valence-corrected chi connectivity index (χ4v) is 5.23. The van der Waals surface area contributed by atoms with Crippen LogP contribution in [0.5, 0.6) is 0 Å². The van der Waals surface area contributed by atoms with E-state index in [0.29, 0.717) is 18.3 Å². The minimum absolute atomic E-state index is 0.162. The zero-order valence-corrected chi connectivity index (χ0v) is 9.82. The summed E-state index contributed by atoms with van der Waals surface area (Å²) in [4.78, 5) is 22.5. The molecule has 4 fully saturated rings. The van der Waals surface area contributed by atoms with E-state index in [0.717, 1.165) is 32.1 Å². The highest BCUT2D eigenvalue weighted by molar-refractivity contribution is 5.76. The summed E-state index contributed by atoms with van der Waals surface area (Å²) < 4.78 is 0. The van der Waals surface area contributed by atoms with Gasteiger partial charge in [-0.3, -0.25) is 9.59 Å². The molecule has 2 N–H and O–H groups in total. The zero-order chi connectivity index (χ0) is 12.3. The van der Waals surface area contributed by atoms with E-state index in [1.54, 1.807) is 0 Å². The first-order chi connectivity index (χ1) is 7.93. The molecule has 4 heteroatoms. The van der Waals surface area contributed by atoms with E-state index in [2.05, 4.69) is 0 Å².